The first-order valence-corrected chi connectivity index (χ1v) is 12.7. The molecule has 0 spiro atoms. The van der Waals surface area contributed by atoms with Crippen LogP contribution in [0.2, 0.25) is 0 Å². The van der Waals surface area contributed by atoms with Gasteiger partial charge in [0.25, 0.3) is 0 Å². The molecular weight excluding hydrogens is 460 g/mol. The van der Waals surface area contributed by atoms with Gasteiger partial charge in [0.2, 0.25) is 0 Å². The zero-order chi connectivity index (χ0) is 26.2. The molecule has 37 heavy (non-hydrogen) atoms. The molecule has 0 saturated carbocycles. The first kappa shape index (κ1) is 26.3. The third kappa shape index (κ3) is 7.62. The van der Waals surface area contributed by atoms with Crippen molar-refractivity contribution in [2.24, 2.45) is 0 Å². The fraction of sp³-hybridized carbons (Fsp3) is 0.290. The largest absolute Gasteiger partial charge is 0.508 e. The van der Waals surface area contributed by atoms with Crippen molar-refractivity contribution in [2.45, 2.75) is 53.0 Å². The van der Waals surface area contributed by atoms with E-state index in [-0.39, 0.29) is 6.04 Å². The van der Waals surface area contributed by atoms with Crippen LogP contribution in [-0.4, -0.2) is 42.6 Å². The number of benzene rings is 2. The van der Waals surface area contributed by atoms with Gasteiger partial charge in [-0.05, 0) is 57.2 Å². The second kappa shape index (κ2) is 12.5. The van der Waals surface area contributed by atoms with E-state index in [4.69, 9.17) is 0 Å². The minimum absolute atomic E-state index is 0.123. The molecule has 2 aromatic heterocycles. The summed E-state index contributed by atoms with van der Waals surface area (Å²) in [5.74, 6) is 0.609. The molecule has 6 heteroatoms. The number of aromatic nitrogens is 2. The molecule has 192 valence electrons. The van der Waals surface area contributed by atoms with Crippen LogP contribution in [0.3, 0.4) is 0 Å². The maximum absolute atomic E-state index is 10.6. The van der Waals surface area contributed by atoms with Gasteiger partial charge in [-0.25, -0.2) is 0 Å². The van der Waals surface area contributed by atoms with Gasteiger partial charge in [-0.1, -0.05) is 47.5 Å². The van der Waals surface area contributed by atoms with Crippen LogP contribution in [0.5, 0.6) is 11.5 Å². The predicted octanol–water partition coefficient (Wildman–Crippen LogP) is 5.60. The van der Waals surface area contributed by atoms with Gasteiger partial charge in [-0.15, -0.1) is 0 Å². The summed E-state index contributed by atoms with van der Waals surface area (Å²) in [6.07, 6.45) is 3.63. The molecule has 1 atom stereocenters. The zero-order valence-corrected chi connectivity index (χ0v) is 21.9. The predicted molar refractivity (Wildman–Crippen MR) is 147 cm³/mol. The molecule has 0 fully saturated rings. The van der Waals surface area contributed by atoms with Gasteiger partial charge in [0.1, 0.15) is 11.5 Å². The molecule has 0 aliphatic carbocycles. The highest BCUT2D eigenvalue weighted by Gasteiger charge is 2.21. The number of rotatable bonds is 11. The second-order valence-electron chi connectivity index (χ2n) is 9.83. The summed E-state index contributed by atoms with van der Waals surface area (Å²) in [4.78, 5) is 13.8. The molecule has 2 N–H and O–H groups in total. The Labute approximate surface area is 219 Å². The van der Waals surface area contributed by atoms with Crippen molar-refractivity contribution in [3.63, 3.8) is 0 Å². The van der Waals surface area contributed by atoms with Crippen LogP contribution in [-0.2, 0) is 26.2 Å². The summed E-state index contributed by atoms with van der Waals surface area (Å²) in [5, 5.41) is 21.1. The Bertz CT molecular complexity index is 1280. The molecular formula is C31H36N4O2. The highest BCUT2D eigenvalue weighted by Crippen LogP contribution is 2.24. The summed E-state index contributed by atoms with van der Waals surface area (Å²) in [7, 11) is 0. The van der Waals surface area contributed by atoms with E-state index in [1.165, 1.54) is 0 Å². The van der Waals surface area contributed by atoms with Crippen LogP contribution in [0, 0.1) is 13.8 Å². The van der Waals surface area contributed by atoms with Crippen molar-refractivity contribution >= 4 is 0 Å². The van der Waals surface area contributed by atoms with Crippen molar-refractivity contribution in [3.05, 3.63) is 119 Å². The lowest BCUT2D eigenvalue weighted by Gasteiger charge is -2.34. The fourth-order valence-electron chi connectivity index (χ4n) is 4.60. The Morgan fingerprint density at radius 3 is 1.76 bits per heavy atom. The molecule has 0 unspecified atom stereocenters. The molecule has 4 aromatic rings. The second-order valence-corrected chi connectivity index (χ2v) is 9.83. The summed E-state index contributed by atoms with van der Waals surface area (Å²) in [6.45, 7) is 9.53. The number of pyridine rings is 2. The molecule has 0 aliphatic heterocycles. The molecule has 6 nitrogen and oxygen atoms in total. The molecule has 0 aliphatic rings. The monoisotopic (exact) mass is 496 g/mol. The first-order chi connectivity index (χ1) is 17.9. The third-order valence-electron chi connectivity index (χ3n) is 6.59. The van der Waals surface area contributed by atoms with Crippen molar-refractivity contribution in [2.75, 3.05) is 6.54 Å². The SMILES string of the molecule is Cc1ccc(O)c(CN(Cc2ccccn2)C[C@@H](C)N(Cc2ccccn2)Cc2cc(C)ccc2O)c1. The molecule has 0 amide bonds. The van der Waals surface area contributed by atoms with Gasteiger partial charge in [-0.3, -0.25) is 19.8 Å². The standard InChI is InChI=1S/C31H36N4O2/c1-23-10-12-30(36)26(16-23)19-34(21-28-8-4-6-14-32-28)18-25(3)35(22-29-9-5-7-15-33-29)20-27-17-24(2)11-13-31(27)37/h4-17,25,36-37H,18-22H2,1-3H3/t25-/m1/s1. The van der Waals surface area contributed by atoms with E-state index in [2.05, 4.69) is 26.7 Å². The molecule has 2 heterocycles. The highest BCUT2D eigenvalue weighted by molar-refractivity contribution is 5.36. The van der Waals surface area contributed by atoms with Crippen LogP contribution in [0.15, 0.2) is 85.2 Å². The van der Waals surface area contributed by atoms with E-state index in [0.717, 1.165) is 40.2 Å². The summed E-state index contributed by atoms with van der Waals surface area (Å²) in [5.41, 5.74) is 5.99. The summed E-state index contributed by atoms with van der Waals surface area (Å²) >= 11 is 0. The number of aryl methyl sites for hydroxylation is 2. The Kier molecular flexibility index (Phi) is 8.88. The number of nitrogens with zero attached hydrogens (tertiary/aromatic N) is 4. The molecule has 0 radical (unpaired) electrons. The summed E-state index contributed by atoms with van der Waals surface area (Å²) < 4.78 is 0. The quantitative estimate of drug-likeness (QED) is 0.282. The number of hydrogen-bond donors (Lipinski definition) is 2. The number of aromatic hydroxyl groups is 2. The van der Waals surface area contributed by atoms with E-state index >= 15 is 0 Å². The Morgan fingerprint density at radius 2 is 1.22 bits per heavy atom. The smallest absolute Gasteiger partial charge is 0.120 e. The average molecular weight is 497 g/mol. The number of phenols is 2. The van der Waals surface area contributed by atoms with Crippen LogP contribution < -0.4 is 0 Å². The van der Waals surface area contributed by atoms with Crippen LogP contribution in [0.25, 0.3) is 0 Å². The van der Waals surface area contributed by atoms with E-state index in [0.29, 0.717) is 37.7 Å². The van der Waals surface area contributed by atoms with Gasteiger partial charge < -0.3 is 10.2 Å². The Balaban J connectivity index is 1.60. The van der Waals surface area contributed by atoms with Gasteiger partial charge in [-0.2, -0.15) is 0 Å². The van der Waals surface area contributed by atoms with Crippen molar-refractivity contribution in [1.82, 2.24) is 19.8 Å². The van der Waals surface area contributed by atoms with Gasteiger partial charge in [0.05, 0.1) is 11.4 Å². The number of hydrogen-bond acceptors (Lipinski definition) is 6. The van der Waals surface area contributed by atoms with Crippen molar-refractivity contribution in [1.29, 1.82) is 0 Å². The molecule has 0 saturated heterocycles. The lowest BCUT2D eigenvalue weighted by Crippen LogP contribution is -2.41. The highest BCUT2D eigenvalue weighted by atomic mass is 16.3. The maximum Gasteiger partial charge on any atom is 0.120 e. The Hall–Kier alpha value is -3.74. The van der Waals surface area contributed by atoms with Crippen molar-refractivity contribution < 1.29 is 10.2 Å². The van der Waals surface area contributed by atoms with E-state index in [1.54, 1.807) is 12.1 Å². The normalized spacial score (nSPS) is 12.2. The van der Waals surface area contributed by atoms with E-state index < -0.39 is 0 Å². The molecule has 2 aromatic carbocycles. The first-order valence-electron chi connectivity index (χ1n) is 12.7. The average Bonchev–Trinajstić information content (AvgIpc) is 2.89. The van der Waals surface area contributed by atoms with E-state index in [9.17, 15) is 10.2 Å². The van der Waals surface area contributed by atoms with E-state index in [1.807, 2.05) is 86.9 Å². The van der Waals surface area contributed by atoms with Gasteiger partial charge >= 0.3 is 0 Å². The van der Waals surface area contributed by atoms with Crippen LogP contribution in [0.1, 0.15) is 40.6 Å². The molecule has 0 bridgehead atoms. The number of phenolic OH excluding ortho intramolecular Hbond substituents is 2. The topological polar surface area (TPSA) is 72.7 Å². The summed E-state index contributed by atoms with van der Waals surface area (Å²) in [6, 6.07) is 23.5. The van der Waals surface area contributed by atoms with Crippen LogP contribution in [0.4, 0.5) is 0 Å². The third-order valence-corrected chi connectivity index (χ3v) is 6.59. The molecule has 4 rings (SSSR count). The van der Waals surface area contributed by atoms with Gasteiger partial charge in [0.15, 0.2) is 0 Å². The minimum Gasteiger partial charge on any atom is -0.508 e. The minimum atomic E-state index is 0.123. The maximum atomic E-state index is 10.6. The van der Waals surface area contributed by atoms with Gasteiger partial charge in [0, 0.05) is 62.3 Å². The lowest BCUT2D eigenvalue weighted by atomic mass is 10.1. The van der Waals surface area contributed by atoms with Crippen LogP contribution >= 0.6 is 0 Å². The lowest BCUT2D eigenvalue weighted by molar-refractivity contribution is 0.124. The Morgan fingerprint density at radius 1 is 0.676 bits per heavy atom. The zero-order valence-electron chi connectivity index (χ0n) is 21.9. The van der Waals surface area contributed by atoms with Crippen molar-refractivity contribution in [3.8, 4) is 11.5 Å². The fourth-order valence-corrected chi connectivity index (χ4v) is 4.60.